The van der Waals surface area contributed by atoms with Crippen LogP contribution >= 0.6 is 11.3 Å². The number of nitrogens with zero attached hydrogens (tertiary/aromatic N) is 1. The highest BCUT2D eigenvalue weighted by molar-refractivity contribution is 7.22. The van der Waals surface area contributed by atoms with Crippen LogP contribution in [0.4, 0.5) is 5.13 Å². The molecule has 0 spiro atoms. The summed E-state index contributed by atoms with van der Waals surface area (Å²) in [5, 5.41) is 16.8. The Kier molecular flexibility index (Phi) is 5.13. The molecular formula is C17H23N3O2S. The molecule has 1 amide bonds. The van der Waals surface area contributed by atoms with E-state index in [0.29, 0.717) is 18.2 Å². The van der Waals surface area contributed by atoms with Gasteiger partial charge in [-0.25, -0.2) is 4.98 Å². The monoisotopic (exact) mass is 333 g/mol. The molecule has 0 atom stereocenters. The van der Waals surface area contributed by atoms with Gasteiger partial charge in [-0.1, -0.05) is 18.3 Å². The number of aliphatic hydroxyl groups is 1. The van der Waals surface area contributed by atoms with Gasteiger partial charge < -0.3 is 15.7 Å². The van der Waals surface area contributed by atoms with Crippen molar-refractivity contribution in [1.82, 2.24) is 10.3 Å². The summed E-state index contributed by atoms with van der Waals surface area (Å²) in [5.41, 5.74) is 1.60. The molecule has 1 heterocycles. The second-order valence-electron chi connectivity index (χ2n) is 6.11. The minimum atomic E-state index is -0.146. The number of carbonyl (C=O) groups is 1. The molecule has 1 fully saturated rings. The lowest BCUT2D eigenvalue weighted by Gasteiger charge is -2.25. The Morgan fingerprint density at radius 1 is 1.35 bits per heavy atom. The van der Waals surface area contributed by atoms with Crippen LogP contribution in [0.25, 0.3) is 10.2 Å². The average molecular weight is 333 g/mol. The quantitative estimate of drug-likeness (QED) is 0.786. The van der Waals surface area contributed by atoms with Gasteiger partial charge in [-0.3, -0.25) is 4.79 Å². The Hall–Kier alpha value is -1.66. The molecule has 3 rings (SSSR count). The van der Waals surface area contributed by atoms with Crippen molar-refractivity contribution in [3.8, 4) is 0 Å². The molecule has 0 bridgehead atoms. The maximum Gasteiger partial charge on any atom is 0.251 e. The molecule has 0 radical (unpaired) electrons. The van der Waals surface area contributed by atoms with Crippen molar-refractivity contribution in [3.63, 3.8) is 0 Å². The summed E-state index contributed by atoms with van der Waals surface area (Å²) >= 11 is 1.58. The van der Waals surface area contributed by atoms with Crippen LogP contribution in [0.15, 0.2) is 18.2 Å². The van der Waals surface area contributed by atoms with Crippen molar-refractivity contribution in [2.45, 2.75) is 51.2 Å². The SMILES string of the molecule is CCCNC(=O)c1ccc2nc(NC3CCC(O)CC3)sc2c1. The first-order valence-electron chi connectivity index (χ1n) is 8.29. The van der Waals surface area contributed by atoms with Crippen LogP contribution in [0.2, 0.25) is 0 Å². The van der Waals surface area contributed by atoms with Gasteiger partial charge in [0.1, 0.15) is 0 Å². The fraction of sp³-hybridized carbons (Fsp3) is 0.529. The molecule has 1 aliphatic carbocycles. The number of hydrogen-bond acceptors (Lipinski definition) is 5. The molecule has 1 aromatic heterocycles. The normalized spacial score (nSPS) is 21.3. The zero-order valence-electron chi connectivity index (χ0n) is 13.3. The smallest absolute Gasteiger partial charge is 0.251 e. The first-order valence-corrected chi connectivity index (χ1v) is 9.10. The van der Waals surface area contributed by atoms with Gasteiger partial charge in [0.15, 0.2) is 5.13 Å². The van der Waals surface area contributed by atoms with Crippen molar-refractivity contribution in [1.29, 1.82) is 0 Å². The molecule has 23 heavy (non-hydrogen) atoms. The fourth-order valence-corrected chi connectivity index (χ4v) is 3.84. The molecule has 1 saturated carbocycles. The van der Waals surface area contributed by atoms with Crippen LogP contribution in [-0.2, 0) is 0 Å². The average Bonchev–Trinajstić information content (AvgIpc) is 2.96. The summed E-state index contributed by atoms with van der Waals surface area (Å²) in [4.78, 5) is 16.6. The number of carbonyl (C=O) groups excluding carboxylic acids is 1. The number of fused-ring (bicyclic) bond motifs is 1. The van der Waals surface area contributed by atoms with Gasteiger partial charge in [0.25, 0.3) is 5.91 Å². The summed E-state index contributed by atoms with van der Waals surface area (Å²) in [6.45, 7) is 2.73. The molecule has 2 aromatic rings. The molecule has 124 valence electrons. The zero-order valence-corrected chi connectivity index (χ0v) is 14.2. The summed E-state index contributed by atoms with van der Waals surface area (Å²) in [7, 11) is 0. The van der Waals surface area contributed by atoms with Gasteiger partial charge in [0.2, 0.25) is 0 Å². The Balaban J connectivity index is 1.70. The number of rotatable bonds is 5. The van der Waals surface area contributed by atoms with Gasteiger partial charge in [-0.05, 0) is 50.3 Å². The summed E-state index contributed by atoms with van der Waals surface area (Å²) in [5.74, 6) is -0.0297. The third-order valence-corrected chi connectivity index (χ3v) is 5.16. The van der Waals surface area contributed by atoms with Crippen LogP contribution in [-0.4, -0.2) is 34.7 Å². The molecule has 0 saturated heterocycles. The van der Waals surface area contributed by atoms with Gasteiger partial charge in [0.05, 0.1) is 16.3 Å². The Morgan fingerprint density at radius 2 is 2.13 bits per heavy atom. The van der Waals surface area contributed by atoms with E-state index < -0.39 is 0 Å². The van der Waals surface area contributed by atoms with E-state index in [-0.39, 0.29) is 12.0 Å². The van der Waals surface area contributed by atoms with Gasteiger partial charge in [-0.2, -0.15) is 0 Å². The fourth-order valence-electron chi connectivity index (χ4n) is 2.86. The maximum absolute atomic E-state index is 12.0. The van der Waals surface area contributed by atoms with Crippen LogP contribution in [0.3, 0.4) is 0 Å². The number of amides is 1. The number of anilines is 1. The molecule has 6 heteroatoms. The number of aromatic nitrogens is 1. The highest BCUT2D eigenvalue weighted by Crippen LogP contribution is 2.29. The largest absolute Gasteiger partial charge is 0.393 e. The lowest BCUT2D eigenvalue weighted by Crippen LogP contribution is -2.28. The molecule has 3 N–H and O–H groups in total. The predicted molar refractivity (Wildman–Crippen MR) is 94.1 cm³/mol. The minimum absolute atomic E-state index is 0.0297. The van der Waals surface area contributed by atoms with E-state index in [4.69, 9.17) is 0 Å². The number of benzene rings is 1. The Labute approximate surface area is 140 Å². The van der Waals surface area contributed by atoms with Crippen molar-refractivity contribution >= 4 is 32.6 Å². The number of hydrogen-bond donors (Lipinski definition) is 3. The highest BCUT2D eigenvalue weighted by Gasteiger charge is 2.20. The van der Waals surface area contributed by atoms with Gasteiger partial charge in [0, 0.05) is 18.2 Å². The highest BCUT2D eigenvalue weighted by atomic mass is 32.1. The number of aliphatic hydroxyl groups excluding tert-OH is 1. The third-order valence-electron chi connectivity index (χ3n) is 4.21. The molecular weight excluding hydrogens is 310 g/mol. The van der Waals surface area contributed by atoms with Crippen LogP contribution in [0.1, 0.15) is 49.4 Å². The minimum Gasteiger partial charge on any atom is -0.393 e. The Morgan fingerprint density at radius 3 is 2.87 bits per heavy atom. The van der Waals surface area contributed by atoms with E-state index in [0.717, 1.165) is 47.5 Å². The third kappa shape index (κ3) is 4.00. The van der Waals surface area contributed by atoms with E-state index in [1.807, 2.05) is 25.1 Å². The molecule has 1 aliphatic rings. The van der Waals surface area contributed by atoms with Crippen molar-refractivity contribution in [2.24, 2.45) is 0 Å². The predicted octanol–water partition coefficient (Wildman–Crippen LogP) is 3.15. The summed E-state index contributed by atoms with van der Waals surface area (Å²) < 4.78 is 1.02. The van der Waals surface area contributed by atoms with Crippen molar-refractivity contribution < 1.29 is 9.90 Å². The van der Waals surface area contributed by atoms with E-state index in [1.165, 1.54) is 0 Å². The number of nitrogens with one attached hydrogen (secondary N) is 2. The maximum atomic E-state index is 12.0. The summed E-state index contributed by atoms with van der Waals surface area (Å²) in [6, 6.07) is 6.02. The molecule has 0 unspecified atom stereocenters. The van der Waals surface area contributed by atoms with E-state index in [1.54, 1.807) is 11.3 Å². The second kappa shape index (κ2) is 7.27. The summed E-state index contributed by atoms with van der Waals surface area (Å²) in [6.07, 6.45) is 4.43. The van der Waals surface area contributed by atoms with Crippen LogP contribution < -0.4 is 10.6 Å². The lowest BCUT2D eigenvalue weighted by atomic mass is 9.93. The van der Waals surface area contributed by atoms with Gasteiger partial charge in [-0.15, -0.1) is 0 Å². The van der Waals surface area contributed by atoms with Crippen molar-refractivity contribution in [2.75, 3.05) is 11.9 Å². The molecule has 5 nitrogen and oxygen atoms in total. The van der Waals surface area contributed by atoms with Crippen LogP contribution in [0.5, 0.6) is 0 Å². The van der Waals surface area contributed by atoms with E-state index in [9.17, 15) is 9.90 Å². The van der Waals surface area contributed by atoms with E-state index >= 15 is 0 Å². The van der Waals surface area contributed by atoms with Gasteiger partial charge >= 0.3 is 0 Å². The zero-order chi connectivity index (χ0) is 16.2. The van der Waals surface area contributed by atoms with E-state index in [2.05, 4.69) is 15.6 Å². The van der Waals surface area contributed by atoms with Crippen LogP contribution in [0, 0.1) is 0 Å². The first-order chi connectivity index (χ1) is 11.2. The molecule has 1 aromatic carbocycles. The second-order valence-corrected chi connectivity index (χ2v) is 7.14. The molecule has 0 aliphatic heterocycles. The lowest BCUT2D eigenvalue weighted by molar-refractivity contribution is 0.0954. The van der Waals surface area contributed by atoms with Crippen molar-refractivity contribution in [3.05, 3.63) is 23.8 Å². The standard InChI is InChI=1S/C17H23N3O2S/c1-2-9-18-16(22)11-3-8-14-15(10-11)23-17(20-14)19-12-4-6-13(21)7-5-12/h3,8,10,12-13,21H,2,4-7,9H2,1H3,(H,18,22)(H,19,20). The number of thiazole rings is 1. The Bertz CT molecular complexity index is 678. The topological polar surface area (TPSA) is 74.2 Å². The first kappa shape index (κ1) is 16.2.